The lowest BCUT2D eigenvalue weighted by atomic mass is 9.96. The summed E-state index contributed by atoms with van der Waals surface area (Å²) in [7, 11) is 3.18. The van der Waals surface area contributed by atoms with Gasteiger partial charge in [0.1, 0.15) is 13.1 Å². The van der Waals surface area contributed by atoms with Crippen LogP contribution in [0.2, 0.25) is 10.0 Å². The first-order valence-corrected chi connectivity index (χ1v) is 14.8. The molecule has 0 aliphatic carbocycles. The minimum Gasteiger partial charge on any atom is -0.290 e. The van der Waals surface area contributed by atoms with E-state index in [1.807, 2.05) is 10.6 Å². The monoisotopic (exact) mass is 603 g/mol. The number of rotatable bonds is 7. The zero-order valence-electron chi connectivity index (χ0n) is 23.7. The number of likely N-dealkylation sites (N-methyl/N-ethyl adjacent to an activating group) is 2. The number of amidine groups is 2. The molecular weight excluding hydrogens is 571 g/mol. The molecule has 3 amide bonds. The normalized spacial score (nSPS) is 20.0. The molecule has 8 nitrogen and oxygen atoms in total. The van der Waals surface area contributed by atoms with Crippen LogP contribution in [0.15, 0.2) is 83.9 Å². The summed E-state index contributed by atoms with van der Waals surface area (Å²) in [4.78, 5) is 38.5. The number of imide groups is 1. The van der Waals surface area contributed by atoms with Gasteiger partial charge in [0.05, 0.1) is 6.04 Å². The number of fused-ring (bicyclic) bond motifs is 1. The average Bonchev–Trinajstić information content (AvgIpc) is 3.36. The maximum absolute atomic E-state index is 13.4. The number of hydrogen-bond acceptors (Lipinski definition) is 5. The second kappa shape index (κ2) is 12.0. The first-order valence-electron chi connectivity index (χ1n) is 14.1. The van der Waals surface area contributed by atoms with E-state index in [-0.39, 0.29) is 18.0 Å². The van der Waals surface area contributed by atoms with Crippen LogP contribution in [0.25, 0.3) is 0 Å². The fraction of sp³-hybridized carbons (Fsp3) is 0.312. The molecule has 0 bridgehead atoms. The van der Waals surface area contributed by atoms with E-state index in [0.29, 0.717) is 29.0 Å². The summed E-state index contributed by atoms with van der Waals surface area (Å²) in [5.41, 5.74) is 3.39. The molecule has 0 aromatic heterocycles. The second-order valence-electron chi connectivity index (χ2n) is 10.9. The van der Waals surface area contributed by atoms with Gasteiger partial charge in [0.2, 0.25) is 0 Å². The van der Waals surface area contributed by atoms with E-state index >= 15 is 0 Å². The Morgan fingerprint density at radius 2 is 1.48 bits per heavy atom. The topological polar surface area (TPSA) is 62.5 Å². The predicted octanol–water partition coefficient (Wildman–Crippen LogP) is 4.62. The van der Waals surface area contributed by atoms with E-state index in [2.05, 4.69) is 70.5 Å². The van der Waals surface area contributed by atoms with Crippen LogP contribution in [-0.2, 0) is 11.3 Å². The molecule has 6 rings (SSSR count). The van der Waals surface area contributed by atoms with Gasteiger partial charge >= 0.3 is 11.9 Å². The van der Waals surface area contributed by atoms with E-state index in [1.54, 1.807) is 19.2 Å². The van der Waals surface area contributed by atoms with E-state index in [0.717, 1.165) is 42.5 Å². The van der Waals surface area contributed by atoms with Crippen LogP contribution in [0, 0.1) is 0 Å². The molecule has 3 aliphatic heterocycles. The summed E-state index contributed by atoms with van der Waals surface area (Å²) in [6.07, 6.45) is 0. The Hall–Kier alpha value is -3.56. The number of piperazine rings is 1. The fourth-order valence-electron chi connectivity index (χ4n) is 6.06. The molecule has 3 aromatic rings. The minimum absolute atomic E-state index is 0.174. The number of nitrogens with zero attached hydrogens (tertiary/aromatic N) is 6. The summed E-state index contributed by atoms with van der Waals surface area (Å²) in [5.74, 6) is 0.908. The van der Waals surface area contributed by atoms with Gasteiger partial charge in [0.25, 0.3) is 17.8 Å². The Kier molecular flexibility index (Phi) is 8.14. The third-order valence-electron chi connectivity index (χ3n) is 8.34. The Morgan fingerprint density at radius 1 is 0.857 bits per heavy atom. The molecule has 1 unspecified atom stereocenters. The van der Waals surface area contributed by atoms with Gasteiger partial charge < -0.3 is 0 Å². The van der Waals surface area contributed by atoms with Gasteiger partial charge in [-0.05, 0) is 28.3 Å². The highest BCUT2D eigenvalue weighted by Crippen LogP contribution is 2.30. The van der Waals surface area contributed by atoms with Crippen molar-refractivity contribution in [2.75, 3.05) is 46.8 Å². The second-order valence-corrected chi connectivity index (χ2v) is 11.8. The summed E-state index contributed by atoms with van der Waals surface area (Å²) in [5, 5.41) is 1.07. The molecule has 0 saturated carbocycles. The van der Waals surface area contributed by atoms with E-state index in [9.17, 15) is 9.59 Å². The molecule has 1 atom stereocenters. The van der Waals surface area contributed by atoms with Gasteiger partial charge in [-0.3, -0.25) is 24.4 Å². The van der Waals surface area contributed by atoms with Gasteiger partial charge in [-0.25, -0.2) is 9.37 Å². The third-order valence-corrected chi connectivity index (χ3v) is 8.92. The molecule has 3 heterocycles. The molecule has 3 aliphatic rings. The van der Waals surface area contributed by atoms with Gasteiger partial charge in [-0.15, -0.1) is 0 Å². The average molecular weight is 605 g/mol. The minimum atomic E-state index is -0.693. The number of carbonyl (C=O) groups is 2. The molecule has 2 saturated heterocycles. The van der Waals surface area contributed by atoms with Crippen molar-refractivity contribution in [2.45, 2.75) is 18.6 Å². The number of aliphatic imine (C=N–C) groups is 1. The van der Waals surface area contributed by atoms with Crippen molar-refractivity contribution in [3.63, 3.8) is 0 Å². The number of amides is 3. The van der Waals surface area contributed by atoms with Gasteiger partial charge in [-0.2, -0.15) is 0 Å². The van der Waals surface area contributed by atoms with Crippen LogP contribution in [0.1, 0.15) is 22.7 Å². The van der Waals surface area contributed by atoms with Crippen LogP contribution in [0.5, 0.6) is 0 Å². The van der Waals surface area contributed by atoms with Crippen LogP contribution >= 0.6 is 23.2 Å². The molecule has 10 heteroatoms. The molecule has 2 fully saturated rings. The zero-order valence-corrected chi connectivity index (χ0v) is 25.2. The highest BCUT2D eigenvalue weighted by molar-refractivity contribution is 6.35. The lowest BCUT2D eigenvalue weighted by Crippen LogP contribution is -2.61. The van der Waals surface area contributed by atoms with Gasteiger partial charge in [-0.1, -0.05) is 89.9 Å². The number of halogens is 2. The standard InChI is InChI=1S/C32H33Cl2N6O2/c1-36-30-29(31(41)37(2)32(36)42)40(20-24-13-14-25(33)19-26(24)34)27(35-30)21-38-15-17-39(18-16-38)28(22-9-5-3-6-10-22)23-11-7-4-8-12-23/h3-14,19,28-29H,15-18,20-21H2,1-2H3/q+1. The molecule has 42 heavy (non-hydrogen) atoms. The van der Waals surface area contributed by atoms with Crippen LogP contribution in [0.3, 0.4) is 0 Å². The SMILES string of the molecule is CN1C(=O)C2C(=NC(CN3CCN(C(c4ccccc4)c4ccccc4)CC3)=[N+]2Cc2ccc(Cl)cc2Cl)N(C)C1=O. The van der Waals surface area contributed by atoms with Crippen LogP contribution < -0.4 is 0 Å². The number of hydrogen-bond donors (Lipinski definition) is 0. The number of benzene rings is 3. The lowest BCUT2D eigenvalue weighted by Gasteiger charge is -2.39. The molecule has 0 N–H and O–H groups in total. The molecule has 3 aromatic carbocycles. The molecule has 216 valence electrons. The first kappa shape index (κ1) is 28.6. The first-order chi connectivity index (χ1) is 20.3. The third kappa shape index (κ3) is 5.47. The quantitative estimate of drug-likeness (QED) is 0.370. The van der Waals surface area contributed by atoms with E-state index < -0.39 is 6.04 Å². The summed E-state index contributed by atoms with van der Waals surface area (Å²) in [6, 6.07) is 25.7. The molecular formula is C32H33Cl2N6O2+. The Bertz CT molecular complexity index is 1510. The van der Waals surface area contributed by atoms with E-state index in [4.69, 9.17) is 28.2 Å². The van der Waals surface area contributed by atoms with Crippen molar-refractivity contribution in [1.29, 1.82) is 0 Å². The number of carbonyl (C=O) groups excluding carboxylic acids is 2. The predicted molar refractivity (Wildman–Crippen MR) is 165 cm³/mol. The van der Waals surface area contributed by atoms with Crippen molar-refractivity contribution in [3.05, 3.63) is 106 Å². The largest absolute Gasteiger partial charge is 0.333 e. The summed E-state index contributed by atoms with van der Waals surface area (Å²) < 4.78 is 1.98. The maximum Gasteiger partial charge on any atom is 0.333 e. The maximum atomic E-state index is 13.4. The van der Waals surface area contributed by atoms with E-state index in [1.165, 1.54) is 23.1 Å². The Balaban J connectivity index is 1.26. The molecule has 0 radical (unpaired) electrons. The number of urea groups is 1. The summed E-state index contributed by atoms with van der Waals surface area (Å²) in [6.45, 7) is 4.37. The highest BCUT2D eigenvalue weighted by atomic mass is 35.5. The Morgan fingerprint density at radius 3 is 2.07 bits per heavy atom. The van der Waals surface area contributed by atoms with Crippen molar-refractivity contribution in [3.8, 4) is 0 Å². The fourth-order valence-corrected chi connectivity index (χ4v) is 6.52. The molecule has 0 spiro atoms. The highest BCUT2D eigenvalue weighted by Gasteiger charge is 2.53. The van der Waals surface area contributed by atoms with Crippen molar-refractivity contribution in [2.24, 2.45) is 4.99 Å². The zero-order chi connectivity index (χ0) is 29.4. The van der Waals surface area contributed by atoms with Crippen molar-refractivity contribution in [1.82, 2.24) is 19.6 Å². The summed E-state index contributed by atoms with van der Waals surface area (Å²) >= 11 is 12.7. The smallest absolute Gasteiger partial charge is 0.290 e. The Labute approximate surface area is 256 Å². The van der Waals surface area contributed by atoms with Crippen LogP contribution in [-0.4, -0.2) is 101 Å². The van der Waals surface area contributed by atoms with Gasteiger partial charge in [0, 0.05) is 55.9 Å². The van der Waals surface area contributed by atoms with Gasteiger partial charge in [0.15, 0.2) is 0 Å². The van der Waals surface area contributed by atoms with Crippen molar-refractivity contribution < 1.29 is 14.2 Å². The van der Waals surface area contributed by atoms with Crippen LogP contribution in [0.4, 0.5) is 4.79 Å². The van der Waals surface area contributed by atoms with Crippen molar-refractivity contribution >= 4 is 46.8 Å². The lowest BCUT2D eigenvalue weighted by molar-refractivity contribution is -0.552.